The van der Waals surface area contributed by atoms with Gasteiger partial charge in [-0.25, -0.2) is 0 Å². The summed E-state index contributed by atoms with van der Waals surface area (Å²) in [5.41, 5.74) is 7.90. The Labute approximate surface area is 125 Å². The highest BCUT2D eigenvalue weighted by Crippen LogP contribution is 2.26. The Morgan fingerprint density at radius 3 is 2.65 bits per heavy atom. The number of nitriles is 1. The molecule has 0 spiro atoms. The smallest absolute Gasteiger partial charge is 0.0992 e. The van der Waals surface area contributed by atoms with Crippen LogP contribution in [0.2, 0.25) is 5.02 Å². The Bertz CT molecular complexity index is 501. The van der Waals surface area contributed by atoms with Gasteiger partial charge in [-0.2, -0.15) is 5.26 Å². The van der Waals surface area contributed by atoms with Crippen molar-refractivity contribution >= 4 is 17.3 Å². The molecule has 0 saturated carbocycles. The van der Waals surface area contributed by atoms with Gasteiger partial charge in [-0.05, 0) is 44.1 Å². The van der Waals surface area contributed by atoms with Crippen LogP contribution >= 0.6 is 11.6 Å². The number of halogens is 1. The van der Waals surface area contributed by atoms with Crippen molar-refractivity contribution < 1.29 is 0 Å². The van der Waals surface area contributed by atoms with Crippen LogP contribution < -0.4 is 5.73 Å². The first-order valence-electron chi connectivity index (χ1n) is 6.99. The third kappa shape index (κ3) is 3.86. The minimum atomic E-state index is 0.500. The molecule has 0 bridgehead atoms. The maximum absolute atomic E-state index is 8.97. The zero-order valence-corrected chi connectivity index (χ0v) is 12.7. The number of nitrogens with zero attached hydrogens (tertiary/aromatic N) is 3. The van der Waals surface area contributed by atoms with E-state index in [1.54, 1.807) is 6.07 Å². The molecule has 0 aromatic heterocycles. The molecule has 1 aromatic rings. The van der Waals surface area contributed by atoms with E-state index in [-0.39, 0.29) is 0 Å². The number of benzene rings is 1. The SMILES string of the molecule is CN1CCN(CCCc2cc(C#N)cc(N)c2Cl)CC1. The summed E-state index contributed by atoms with van der Waals surface area (Å²) < 4.78 is 0. The molecule has 0 radical (unpaired) electrons. The standard InChI is InChI=1S/C15H21ClN4/c1-19-5-7-20(8-6-19)4-2-3-13-9-12(11-17)10-14(18)15(13)16/h9-10H,2-8,18H2,1H3. The first-order chi connectivity index (χ1) is 9.60. The van der Waals surface area contributed by atoms with E-state index in [0.29, 0.717) is 16.3 Å². The molecule has 2 N–H and O–H groups in total. The fourth-order valence-electron chi connectivity index (χ4n) is 2.52. The molecular weight excluding hydrogens is 272 g/mol. The van der Waals surface area contributed by atoms with E-state index in [9.17, 15) is 0 Å². The van der Waals surface area contributed by atoms with Gasteiger partial charge in [0, 0.05) is 26.2 Å². The second kappa shape index (κ2) is 6.94. The Kier molecular flexibility index (Phi) is 5.24. The van der Waals surface area contributed by atoms with E-state index in [0.717, 1.165) is 51.1 Å². The molecule has 0 aliphatic carbocycles. The summed E-state index contributed by atoms with van der Waals surface area (Å²) >= 11 is 6.21. The van der Waals surface area contributed by atoms with Crippen LogP contribution in [0.4, 0.5) is 5.69 Å². The lowest BCUT2D eigenvalue weighted by atomic mass is 10.1. The van der Waals surface area contributed by atoms with Crippen LogP contribution in [0, 0.1) is 11.3 Å². The number of rotatable bonds is 4. The van der Waals surface area contributed by atoms with Crippen molar-refractivity contribution in [1.82, 2.24) is 9.80 Å². The van der Waals surface area contributed by atoms with Gasteiger partial charge < -0.3 is 15.5 Å². The van der Waals surface area contributed by atoms with Crippen molar-refractivity contribution in [3.8, 4) is 6.07 Å². The number of piperazine rings is 1. The van der Waals surface area contributed by atoms with Gasteiger partial charge >= 0.3 is 0 Å². The minimum Gasteiger partial charge on any atom is -0.397 e. The van der Waals surface area contributed by atoms with Crippen LogP contribution in [-0.4, -0.2) is 49.6 Å². The van der Waals surface area contributed by atoms with Crippen LogP contribution in [0.3, 0.4) is 0 Å². The highest BCUT2D eigenvalue weighted by Gasteiger charge is 2.13. The number of nitrogen functional groups attached to an aromatic ring is 1. The highest BCUT2D eigenvalue weighted by molar-refractivity contribution is 6.33. The fraction of sp³-hybridized carbons (Fsp3) is 0.533. The molecule has 1 aliphatic heterocycles. The topological polar surface area (TPSA) is 56.3 Å². The number of hydrogen-bond acceptors (Lipinski definition) is 4. The lowest BCUT2D eigenvalue weighted by molar-refractivity contribution is 0.153. The second-order valence-corrected chi connectivity index (χ2v) is 5.78. The van der Waals surface area contributed by atoms with Gasteiger partial charge in [0.1, 0.15) is 0 Å². The predicted octanol–water partition coefficient (Wildman–Crippen LogP) is 1.97. The molecule has 4 nitrogen and oxygen atoms in total. The molecule has 0 atom stereocenters. The Balaban J connectivity index is 1.88. The normalized spacial score (nSPS) is 17.1. The van der Waals surface area contributed by atoms with Crippen LogP contribution in [0.15, 0.2) is 12.1 Å². The van der Waals surface area contributed by atoms with Crippen molar-refractivity contribution in [1.29, 1.82) is 5.26 Å². The molecule has 0 unspecified atom stereocenters. The molecule has 1 fully saturated rings. The van der Waals surface area contributed by atoms with Gasteiger partial charge in [0.15, 0.2) is 0 Å². The lowest BCUT2D eigenvalue weighted by Crippen LogP contribution is -2.44. The van der Waals surface area contributed by atoms with E-state index >= 15 is 0 Å². The van der Waals surface area contributed by atoms with Crippen molar-refractivity contribution in [2.24, 2.45) is 0 Å². The molecule has 5 heteroatoms. The first kappa shape index (κ1) is 15.1. The van der Waals surface area contributed by atoms with Crippen molar-refractivity contribution in [3.05, 3.63) is 28.3 Å². The molecule has 2 rings (SSSR count). The summed E-state index contributed by atoms with van der Waals surface area (Å²) in [6, 6.07) is 5.61. The zero-order chi connectivity index (χ0) is 14.5. The molecule has 1 aliphatic rings. The summed E-state index contributed by atoms with van der Waals surface area (Å²) in [6.45, 7) is 5.60. The van der Waals surface area contributed by atoms with Crippen molar-refractivity contribution in [2.75, 3.05) is 45.5 Å². The van der Waals surface area contributed by atoms with Gasteiger partial charge in [-0.3, -0.25) is 0 Å². The number of likely N-dealkylation sites (N-methyl/N-ethyl adjacent to an activating group) is 1. The largest absolute Gasteiger partial charge is 0.397 e. The highest BCUT2D eigenvalue weighted by atomic mass is 35.5. The van der Waals surface area contributed by atoms with Gasteiger partial charge in [0.2, 0.25) is 0 Å². The summed E-state index contributed by atoms with van der Waals surface area (Å²) in [6.07, 6.45) is 1.91. The maximum atomic E-state index is 8.97. The molecular formula is C15H21ClN4. The van der Waals surface area contributed by atoms with Gasteiger partial charge in [0.25, 0.3) is 0 Å². The average Bonchev–Trinajstić information content (AvgIpc) is 2.45. The van der Waals surface area contributed by atoms with Crippen LogP contribution in [0.1, 0.15) is 17.5 Å². The number of aryl methyl sites for hydroxylation is 1. The predicted molar refractivity (Wildman–Crippen MR) is 82.8 cm³/mol. The van der Waals surface area contributed by atoms with Gasteiger partial charge in [-0.1, -0.05) is 11.6 Å². The summed E-state index contributed by atoms with van der Waals surface area (Å²) in [4.78, 5) is 4.83. The summed E-state index contributed by atoms with van der Waals surface area (Å²) in [5.74, 6) is 0. The van der Waals surface area contributed by atoms with E-state index in [2.05, 4.69) is 22.9 Å². The Hall–Kier alpha value is -1.28. The summed E-state index contributed by atoms with van der Waals surface area (Å²) in [5, 5.41) is 9.57. The minimum absolute atomic E-state index is 0.500. The van der Waals surface area contributed by atoms with E-state index in [4.69, 9.17) is 22.6 Å². The quantitative estimate of drug-likeness (QED) is 0.862. The van der Waals surface area contributed by atoms with Crippen LogP contribution in [0.5, 0.6) is 0 Å². The van der Waals surface area contributed by atoms with Gasteiger partial charge in [0.05, 0.1) is 22.3 Å². The van der Waals surface area contributed by atoms with E-state index < -0.39 is 0 Å². The third-order valence-electron chi connectivity index (χ3n) is 3.82. The first-order valence-corrected chi connectivity index (χ1v) is 7.37. The summed E-state index contributed by atoms with van der Waals surface area (Å²) in [7, 11) is 2.16. The Morgan fingerprint density at radius 1 is 1.30 bits per heavy atom. The van der Waals surface area contributed by atoms with Gasteiger partial charge in [-0.15, -0.1) is 0 Å². The molecule has 1 saturated heterocycles. The molecule has 1 aromatic carbocycles. The van der Waals surface area contributed by atoms with Crippen LogP contribution in [0.25, 0.3) is 0 Å². The van der Waals surface area contributed by atoms with Crippen LogP contribution in [-0.2, 0) is 6.42 Å². The van der Waals surface area contributed by atoms with Crippen molar-refractivity contribution in [2.45, 2.75) is 12.8 Å². The third-order valence-corrected chi connectivity index (χ3v) is 4.28. The zero-order valence-electron chi connectivity index (χ0n) is 11.9. The maximum Gasteiger partial charge on any atom is 0.0992 e. The van der Waals surface area contributed by atoms with E-state index in [1.165, 1.54) is 0 Å². The number of anilines is 1. The molecule has 108 valence electrons. The second-order valence-electron chi connectivity index (χ2n) is 5.40. The monoisotopic (exact) mass is 292 g/mol. The molecule has 1 heterocycles. The fourth-order valence-corrected chi connectivity index (χ4v) is 2.72. The molecule has 0 amide bonds. The lowest BCUT2D eigenvalue weighted by Gasteiger charge is -2.32. The van der Waals surface area contributed by atoms with E-state index in [1.807, 2.05) is 6.07 Å². The number of hydrogen-bond donors (Lipinski definition) is 1. The average molecular weight is 293 g/mol. The van der Waals surface area contributed by atoms with Crippen molar-refractivity contribution in [3.63, 3.8) is 0 Å². The molecule has 20 heavy (non-hydrogen) atoms. The number of nitrogens with two attached hydrogens (primary N) is 1. The Morgan fingerprint density at radius 2 is 2.00 bits per heavy atom.